The average Bonchev–Trinajstić information content (AvgIpc) is 2.72. The first kappa shape index (κ1) is 20.5. The Morgan fingerprint density at radius 3 is 2.41 bits per heavy atom. The molecule has 3 aromatic carbocycles. The second-order valence-corrected chi connectivity index (χ2v) is 8.31. The molecule has 0 aliphatic carbocycles. The van der Waals surface area contributed by atoms with Crippen molar-refractivity contribution >= 4 is 27.3 Å². The van der Waals surface area contributed by atoms with Crippen LogP contribution < -0.4 is 9.62 Å². The highest BCUT2D eigenvalue weighted by molar-refractivity contribution is 7.92. The lowest BCUT2D eigenvalue weighted by Crippen LogP contribution is -2.31. The van der Waals surface area contributed by atoms with E-state index in [2.05, 4.69) is 5.32 Å². The largest absolute Gasteiger partial charge is 0.322 e. The summed E-state index contributed by atoms with van der Waals surface area (Å²) in [5.74, 6) is -0.984. The summed E-state index contributed by atoms with van der Waals surface area (Å²) in [7, 11) is -3.85. The van der Waals surface area contributed by atoms with Gasteiger partial charge in [-0.05, 0) is 61.9 Å². The van der Waals surface area contributed by atoms with Crippen molar-refractivity contribution in [1.82, 2.24) is 0 Å². The van der Waals surface area contributed by atoms with Gasteiger partial charge < -0.3 is 5.32 Å². The van der Waals surface area contributed by atoms with Gasteiger partial charge in [0.15, 0.2) is 0 Å². The summed E-state index contributed by atoms with van der Waals surface area (Å²) in [4.78, 5) is 12.6. The van der Waals surface area contributed by atoms with E-state index in [1.54, 1.807) is 44.2 Å². The molecular formula is C22H21FN2O3S. The van der Waals surface area contributed by atoms with Crippen LogP contribution in [-0.2, 0) is 10.0 Å². The molecule has 29 heavy (non-hydrogen) atoms. The van der Waals surface area contributed by atoms with Gasteiger partial charge in [-0.2, -0.15) is 0 Å². The maximum atomic E-state index is 13.5. The van der Waals surface area contributed by atoms with E-state index in [1.165, 1.54) is 40.7 Å². The van der Waals surface area contributed by atoms with Gasteiger partial charge in [-0.15, -0.1) is 0 Å². The van der Waals surface area contributed by atoms with Gasteiger partial charge in [0, 0.05) is 17.8 Å². The highest BCUT2D eigenvalue weighted by Crippen LogP contribution is 2.24. The number of rotatable bonds is 6. The molecule has 3 rings (SSSR count). The summed E-state index contributed by atoms with van der Waals surface area (Å²) >= 11 is 0. The Morgan fingerprint density at radius 2 is 1.72 bits per heavy atom. The number of carbonyl (C=O) groups is 1. The summed E-state index contributed by atoms with van der Waals surface area (Å²) in [5, 5.41) is 2.63. The summed E-state index contributed by atoms with van der Waals surface area (Å²) < 4.78 is 41.0. The Kier molecular flexibility index (Phi) is 5.98. The summed E-state index contributed by atoms with van der Waals surface area (Å²) in [6.45, 7) is 3.73. The van der Waals surface area contributed by atoms with E-state index in [4.69, 9.17) is 0 Å². The molecule has 150 valence electrons. The number of amides is 1. The highest BCUT2D eigenvalue weighted by Gasteiger charge is 2.24. The van der Waals surface area contributed by atoms with E-state index in [9.17, 15) is 17.6 Å². The number of hydrogen-bond donors (Lipinski definition) is 1. The van der Waals surface area contributed by atoms with Gasteiger partial charge in [-0.25, -0.2) is 12.8 Å². The zero-order valence-corrected chi connectivity index (χ0v) is 16.9. The number of nitrogens with zero attached hydrogens (tertiary/aromatic N) is 1. The fraction of sp³-hybridized carbons (Fsp3) is 0.136. The van der Waals surface area contributed by atoms with Crippen LogP contribution in [-0.4, -0.2) is 20.9 Å². The Morgan fingerprint density at radius 1 is 1.00 bits per heavy atom. The molecule has 0 saturated carbocycles. The minimum absolute atomic E-state index is 0.00631. The van der Waals surface area contributed by atoms with Crippen molar-refractivity contribution in [2.24, 2.45) is 0 Å². The van der Waals surface area contributed by atoms with Gasteiger partial charge in [0.25, 0.3) is 15.9 Å². The molecule has 0 atom stereocenters. The normalized spacial score (nSPS) is 11.1. The van der Waals surface area contributed by atoms with Crippen molar-refractivity contribution in [2.75, 3.05) is 16.2 Å². The zero-order valence-electron chi connectivity index (χ0n) is 16.1. The van der Waals surface area contributed by atoms with Crippen molar-refractivity contribution in [3.63, 3.8) is 0 Å². The molecule has 0 spiro atoms. The van der Waals surface area contributed by atoms with Crippen molar-refractivity contribution < 1.29 is 17.6 Å². The van der Waals surface area contributed by atoms with Crippen molar-refractivity contribution in [3.8, 4) is 0 Å². The Bertz CT molecular complexity index is 1130. The van der Waals surface area contributed by atoms with Gasteiger partial charge in [-0.3, -0.25) is 9.10 Å². The van der Waals surface area contributed by atoms with Crippen LogP contribution >= 0.6 is 0 Å². The first-order valence-electron chi connectivity index (χ1n) is 9.08. The molecular weight excluding hydrogens is 391 g/mol. The molecule has 0 fully saturated rings. The van der Waals surface area contributed by atoms with Gasteiger partial charge in [0.1, 0.15) is 5.82 Å². The van der Waals surface area contributed by atoms with Crippen LogP contribution in [0.3, 0.4) is 0 Å². The second-order valence-electron chi connectivity index (χ2n) is 6.45. The van der Waals surface area contributed by atoms with Gasteiger partial charge in [0.2, 0.25) is 0 Å². The number of halogens is 1. The fourth-order valence-electron chi connectivity index (χ4n) is 2.93. The van der Waals surface area contributed by atoms with Gasteiger partial charge in [-0.1, -0.05) is 30.3 Å². The molecule has 0 bridgehead atoms. The van der Waals surface area contributed by atoms with E-state index >= 15 is 0 Å². The number of carbonyl (C=O) groups excluding carboxylic acids is 1. The van der Waals surface area contributed by atoms with Crippen molar-refractivity contribution in [2.45, 2.75) is 18.7 Å². The maximum Gasteiger partial charge on any atom is 0.264 e. The minimum atomic E-state index is -3.85. The number of aryl methyl sites for hydroxylation is 1. The second kappa shape index (κ2) is 8.45. The van der Waals surface area contributed by atoms with E-state index in [0.717, 1.165) is 0 Å². The monoisotopic (exact) mass is 412 g/mol. The Balaban J connectivity index is 1.92. The van der Waals surface area contributed by atoms with Crippen LogP contribution in [0, 0.1) is 12.7 Å². The summed E-state index contributed by atoms with van der Waals surface area (Å²) in [5.41, 5.74) is 1.74. The smallest absolute Gasteiger partial charge is 0.264 e. The Hall–Kier alpha value is -3.19. The van der Waals surface area contributed by atoms with Crippen LogP contribution in [0.25, 0.3) is 0 Å². The topological polar surface area (TPSA) is 66.5 Å². The molecule has 0 aromatic heterocycles. The van der Waals surface area contributed by atoms with E-state index in [0.29, 0.717) is 16.9 Å². The van der Waals surface area contributed by atoms with Crippen LogP contribution in [0.2, 0.25) is 0 Å². The lowest BCUT2D eigenvalue weighted by molar-refractivity contribution is 0.102. The molecule has 0 heterocycles. The highest BCUT2D eigenvalue weighted by atomic mass is 32.2. The maximum absolute atomic E-state index is 13.5. The van der Waals surface area contributed by atoms with Gasteiger partial charge in [0.05, 0.1) is 10.6 Å². The molecule has 1 N–H and O–H groups in total. The minimum Gasteiger partial charge on any atom is -0.322 e. The van der Waals surface area contributed by atoms with Crippen LogP contribution in [0.4, 0.5) is 15.8 Å². The predicted molar refractivity (Wildman–Crippen MR) is 112 cm³/mol. The number of sulfonamides is 1. The predicted octanol–water partition coefficient (Wildman–Crippen LogP) is 4.60. The lowest BCUT2D eigenvalue weighted by atomic mass is 10.1. The lowest BCUT2D eigenvalue weighted by Gasteiger charge is -2.23. The molecule has 0 saturated heterocycles. The third-order valence-corrected chi connectivity index (χ3v) is 6.36. The third kappa shape index (κ3) is 4.46. The van der Waals surface area contributed by atoms with E-state index in [1.807, 2.05) is 6.07 Å². The van der Waals surface area contributed by atoms with Crippen molar-refractivity contribution in [3.05, 3.63) is 89.7 Å². The van der Waals surface area contributed by atoms with E-state index < -0.39 is 21.7 Å². The Labute approximate surface area is 169 Å². The average molecular weight is 412 g/mol. The number of hydrogen-bond acceptors (Lipinski definition) is 3. The van der Waals surface area contributed by atoms with Crippen molar-refractivity contribution in [1.29, 1.82) is 0 Å². The third-order valence-electron chi connectivity index (χ3n) is 4.46. The summed E-state index contributed by atoms with van der Waals surface area (Å²) in [6.07, 6.45) is 0. The first-order valence-corrected chi connectivity index (χ1v) is 10.5. The molecule has 0 radical (unpaired) electrons. The van der Waals surface area contributed by atoms with Crippen LogP contribution in [0.5, 0.6) is 0 Å². The fourth-order valence-corrected chi connectivity index (χ4v) is 4.45. The van der Waals surface area contributed by atoms with Gasteiger partial charge >= 0.3 is 0 Å². The van der Waals surface area contributed by atoms with E-state index in [-0.39, 0.29) is 17.0 Å². The number of benzene rings is 3. The zero-order chi connectivity index (χ0) is 21.0. The van der Waals surface area contributed by atoms with Crippen LogP contribution in [0.15, 0.2) is 77.7 Å². The van der Waals surface area contributed by atoms with Crippen LogP contribution in [0.1, 0.15) is 22.8 Å². The molecule has 3 aromatic rings. The standard InChI is InChI=1S/C22H21FN2O3S/c1-3-25(19-9-5-4-6-10-19)29(27,28)20-11-7-8-17(14-20)22(26)24-21-15-18(23)13-12-16(21)2/h4-15H,3H2,1-2H3,(H,24,26). The quantitative estimate of drug-likeness (QED) is 0.643. The number of para-hydroxylation sites is 1. The molecule has 1 amide bonds. The summed E-state index contributed by atoms with van der Waals surface area (Å²) in [6, 6.07) is 18.7. The SMILES string of the molecule is CCN(c1ccccc1)S(=O)(=O)c1cccc(C(=O)Nc2cc(F)ccc2C)c1. The molecule has 5 nitrogen and oxygen atoms in total. The molecule has 7 heteroatoms. The molecule has 0 unspecified atom stereocenters. The molecule has 0 aliphatic rings. The first-order chi connectivity index (χ1) is 13.8. The number of nitrogens with one attached hydrogen (secondary N) is 1. The number of anilines is 2. The molecule has 0 aliphatic heterocycles.